The average Bonchev–Trinajstić information content (AvgIpc) is 2.90. The van der Waals surface area contributed by atoms with E-state index in [0.29, 0.717) is 21.8 Å². The van der Waals surface area contributed by atoms with E-state index in [-0.39, 0.29) is 0 Å². The van der Waals surface area contributed by atoms with Crippen LogP contribution < -0.4 is 9.47 Å². The van der Waals surface area contributed by atoms with Gasteiger partial charge in [0.1, 0.15) is 9.98 Å². The van der Waals surface area contributed by atoms with Crippen LogP contribution in [0.25, 0.3) is 21.3 Å². The van der Waals surface area contributed by atoms with Crippen molar-refractivity contribution < 1.29 is 9.47 Å². The summed E-state index contributed by atoms with van der Waals surface area (Å²) in [4.78, 5) is 11.0. The number of ether oxygens (including phenoxy) is 2. The molecule has 0 radical (unpaired) electrons. The molecule has 2 heterocycles. The molecule has 0 unspecified atom stereocenters. The van der Waals surface area contributed by atoms with Crippen LogP contribution in [0.4, 0.5) is 0 Å². The summed E-state index contributed by atoms with van der Waals surface area (Å²) in [5, 5.41) is 2.05. The molecular weight excluding hydrogens is 352 g/mol. The Morgan fingerprint density at radius 1 is 1.13 bits per heavy atom. The Labute approximate surface area is 147 Å². The number of methoxy groups -OCH3 is 2. The van der Waals surface area contributed by atoms with E-state index in [1.807, 2.05) is 24.5 Å². The Balaban J connectivity index is 2.26. The van der Waals surface area contributed by atoms with E-state index in [9.17, 15) is 0 Å². The van der Waals surface area contributed by atoms with Crippen molar-refractivity contribution >= 4 is 44.9 Å². The Bertz CT molecular complexity index is 880. The first-order valence-corrected chi connectivity index (χ1v) is 9.24. The van der Waals surface area contributed by atoms with Gasteiger partial charge in [0.2, 0.25) is 0 Å². The third kappa shape index (κ3) is 2.86. The largest absolute Gasteiger partial charge is 0.493 e. The third-order valence-corrected chi connectivity index (χ3v) is 5.34. The van der Waals surface area contributed by atoms with Crippen molar-refractivity contribution in [1.29, 1.82) is 0 Å². The molecule has 3 rings (SSSR count). The van der Waals surface area contributed by atoms with Gasteiger partial charge >= 0.3 is 0 Å². The molecule has 0 saturated heterocycles. The predicted octanol–water partition coefficient (Wildman–Crippen LogP) is 5.06. The number of benzene rings is 1. The monoisotopic (exact) mass is 366 g/mol. The molecule has 0 aliphatic heterocycles. The van der Waals surface area contributed by atoms with Gasteiger partial charge in [0.15, 0.2) is 16.7 Å². The summed E-state index contributed by atoms with van der Waals surface area (Å²) in [7, 11) is 3.25. The summed E-state index contributed by atoms with van der Waals surface area (Å²) in [6, 6.07) is 5.84. The second kappa shape index (κ2) is 6.55. The van der Waals surface area contributed by atoms with Crippen molar-refractivity contribution in [2.75, 3.05) is 20.5 Å². The van der Waals surface area contributed by atoms with Crippen LogP contribution in [0, 0.1) is 6.92 Å². The molecule has 23 heavy (non-hydrogen) atoms. The Morgan fingerprint density at radius 3 is 2.52 bits per heavy atom. The normalized spacial score (nSPS) is 11.0. The van der Waals surface area contributed by atoms with Crippen LogP contribution in [-0.2, 0) is 0 Å². The van der Waals surface area contributed by atoms with E-state index in [4.69, 9.17) is 21.1 Å². The maximum atomic E-state index is 6.43. The van der Waals surface area contributed by atoms with Crippen molar-refractivity contribution in [3.8, 4) is 22.6 Å². The highest BCUT2D eigenvalue weighted by Gasteiger charge is 2.18. The van der Waals surface area contributed by atoms with Crippen molar-refractivity contribution in [3.63, 3.8) is 0 Å². The lowest BCUT2D eigenvalue weighted by molar-refractivity contribution is 0.355. The van der Waals surface area contributed by atoms with Crippen molar-refractivity contribution in [1.82, 2.24) is 9.97 Å². The first kappa shape index (κ1) is 16.4. The van der Waals surface area contributed by atoms with Gasteiger partial charge < -0.3 is 9.47 Å². The highest BCUT2D eigenvalue weighted by Crippen LogP contribution is 2.43. The molecule has 0 aliphatic carbocycles. The Kier molecular flexibility index (Phi) is 4.66. The second-order valence-corrected chi connectivity index (χ2v) is 7.12. The average molecular weight is 367 g/mol. The van der Waals surface area contributed by atoms with Crippen molar-refractivity contribution in [2.24, 2.45) is 0 Å². The van der Waals surface area contributed by atoms with Crippen LogP contribution >= 0.6 is 34.7 Å². The summed E-state index contributed by atoms with van der Waals surface area (Å²) >= 11 is 9.53. The van der Waals surface area contributed by atoms with Gasteiger partial charge in [-0.05, 0) is 30.9 Å². The number of hydrogen-bond donors (Lipinski definition) is 0. The summed E-state index contributed by atoms with van der Waals surface area (Å²) < 4.78 is 10.7. The molecule has 7 heteroatoms. The number of thiophene rings is 1. The van der Waals surface area contributed by atoms with E-state index in [2.05, 4.69) is 16.9 Å². The summed E-state index contributed by atoms with van der Waals surface area (Å²) in [5.41, 5.74) is 2.05. The highest BCUT2D eigenvalue weighted by molar-refractivity contribution is 7.98. The van der Waals surface area contributed by atoms with Crippen LogP contribution in [0.15, 0.2) is 23.4 Å². The Hall–Kier alpha value is -1.50. The van der Waals surface area contributed by atoms with Gasteiger partial charge in [-0.3, -0.25) is 0 Å². The molecule has 0 amide bonds. The lowest BCUT2D eigenvalue weighted by atomic mass is 10.0. The van der Waals surface area contributed by atoms with Gasteiger partial charge in [-0.25, -0.2) is 9.97 Å². The van der Waals surface area contributed by atoms with Crippen molar-refractivity contribution in [2.45, 2.75) is 12.1 Å². The molecule has 0 bridgehead atoms. The number of nitrogens with zero attached hydrogens (tertiary/aromatic N) is 2. The molecule has 4 nitrogen and oxygen atoms in total. The zero-order valence-electron chi connectivity index (χ0n) is 13.1. The summed E-state index contributed by atoms with van der Waals surface area (Å²) in [6.07, 6.45) is 1.94. The van der Waals surface area contributed by atoms with Crippen molar-refractivity contribution in [3.05, 3.63) is 28.2 Å². The number of halogens is 1. The zero-order chi connectivity index (χ0) is 16.6. The fourth-order valence-electron chi connectivity index (χ4n) is 2.48. The number of rotatable bonds is 4. The van der Waals surface area contributed by atoms with E-state index in [0.717, 1.165) is 26.2 Å². The predicted molar refractivity (Wildman–Crippen MR) is 97.5 cm³/mol. The minimum atomic E-state index is 0.480. The minimum Gasteiger partial charge on any atom is -0.493 e. The summed E-state index contributed by atoms with van der Waals surface area (Å²) in [6.45, 7) is 2.06. The fourth-order valence-corrected chi connectivity index (χ4v) is 4.32. The van der Waals surface area contributed by atoms with Gasteiger partial charge in [-0.2, -0.15) is 0 Å². The molecule has 1 aromatic carbocycles. The molecule has 0 N–H and O–H groups in total. The number of aromatic nitrogens is 2. The minimum absolute atomic E-state index is 0.480. The SMILES string of the molecule is COc1ccc(-c2c(C)sc3nc(SC)nc(Cl)c23)cc1OC. The molecule has 120 valence electrons. The smallest absolute Gasteiger partial charge is 0.190 e. The molecule has 0 saturated carbocycles. The first-order valence-electron chi connectivity index (χ1n) is 6.82. The fraction of sp³-hybridized carbons (Fsp3) is 0.250. The zero-order valence-corrected chi connectivity index (χ0v) is 15.5. The molecular formula is C16H15ClN2O2S2. The maximum absolute atomic E-state index is 6.43. The van der Waals surface area contributed by atoms with E-state index >= 15 is 0 Å². The molecule has 0 fully saturated rings. The van der Waals surface area contributed by atoms with E-state index < -0.39 is 0 Å². The number of aryl methyl sites for hydroxylation is 1. The first-order chi connectivity index (χ1) is 11.1. The number of thioether (sulfide) groups is 1. The Morgan fingerprint density at radius 2 is 1.87 bits per heavy atom. The topological polar surface area (TPSA) is 44.2 Å². The molecule has 0 spiro atoms. The van der Waals surface area contributed by atoms with Gasteiger partial charge in [-0.1, -0.05) is 29.4 Å². The van der Waals surface area contributed by atoms with Crippen LogP contribution in [0.1, 0.15) is 4.88 Å². The molecule has 0 aliphatic rings. The van der Waals surface area contributed by atoms with Gasteiger partial charge in [0.25, 0.3) is 0 Å². The van der Waals surface area contributed by atoms with Crippen LogP contribution in [0.2, 0.25) is 5.15 Å². The van der Waals surface area contributed by atoms with Gasteiger partial charge in [0, 0.05) is 10.4 Å². The van der Waals surface area contributed by atoms with Crippen LogP contribution in [0.3, 0.4) is 0 Å². The van der Waals surface area contributed by atoms with Crippen LogP contribution in [-0.4, -0.2) is 30.4 Å². The lowest BCUT2D eigenvalue weighted by Crippen LogP contribution is -1.92. The molecule has 0 atom stereocenters. The lowest BCUT2D eigenvalue weighted by Gasteiger charge is -2.10. The number of fused-ring (bicyclic) bond motifs is 1. The quantitative estimate of drug-likeness (QED) is 0.367. The van der Waals surface area contributed by atoms with Gasteiger partial charge in [-0.15, -0.1) is 11.3 Å². The van der Waals surface area contributed by atoms with Crippen LogP contribution in [0.5, 0.6) is 11.5 Å². The van der Waals surface area contributed by atoms with E-state index in [1.54, 1.807) is 25.6 Å². The standard InChI is InChI=1S/C16H15ClN2O2S2/c1-8-12(9-5-6-10(20-2)11(7-9)21-3)13-14(17)18-16(22-4)19-15(13)23-8/h5-7H,1-4H3. The number of hydrogen-bond acceptors (Lipinski definition) is 6. The summed E-state index contributed by atoms with van der Waals surface area (Å²) in [5.74, 6) is 1.38. The van der Waals surface area contributed by atoms with Gasteiger partial charge in [0.05, 0.1) is 19.6 Å². The maximum Gasteiger partial charge on any atom is 0.190 e. The highest BCUT2D eigenvalue weighted by atomic mass is 35.5. The van der Waals surface area contributed by atoms with E-state index in [1.165, 1.54) is 11.8 Å². The third-order valence-electron chi connectivity index (χ3n) is 3.52. The molecule has 2 aromatic heterocycles. The second-order valence-electron chi connectivity index (χ2n) is 4.78. The molecule has 3 aromatic rings.